The molecule has 0 saturated heterocycles. The molecular weight excluding hydrogens is 158 g/mol. The van der Waals surface area contributed by atoms with E-state index < -0.39 is 5.92 Å². The highest BCUT2D eigenvalue weighted by molar-refractivity contribution is 5.43. The molecule has 0 N–H and O–H groups in total. The Balaban J connectivity index is 3.15. The van der Waals surface area contributed by atoms with E-state index in [-0.39, 0.29) is 5.57 Å². The van der Waals surface area contributed by atoms with E-state index in [9.17, 15) is 8.78 Å². The Labute approximate surface area is 70.6 Å². The van der Waals surface area contributed by atoms with Gasteiger partial charge in [0.15, 0.2) is 0 Å². The molecule has 2 heteroatoms. The van der Waals surface area contributed by atoms with Crippen molar-refractivity contribution in [3.63, 3.8) is 0 Å². The molecule has 64 valence electrons. The van der Waals surface area contributed by atoms with Crippen molar-refractivity contribution in [1.82, 2.24) is 0 Å². The second-order valence-electron chi connectivity index (χ2n) is 2.58. The monoisotopic (exact) mass is 168 g/mol. The summed E-state index contributed by atoms with van der Waals surface area (Å²) in [6.45, 7) is 6.83. The normalized spacial score (nSPS) is 20.8. The fraction of sp³-hybridized carbons (Fsp3) is 0.200. The smallest absolute Gasteiger partial charge is 0.197 e. The summed E-state index contributed by atoms with van der Waals surface area (Å²) >= 11 is 0. The van der Waals surface area contributed by atoms with Crippen molar-refractivity contribution in [1.29, 1.82) is 0 Å². The predicted molar refractivity (Wildman–Crippen MR) is 46.1 cm³/mol. The molecule has 0 aromatic carbocycles. The van der Waals surface area contributed by atoms with Gasteiger partial charge >= 0.3 is 0 Å². The van der Waals surface area contributed by atoms with E-state index in [4.69, 9.17) is 0 Å². The lowest BCUT2D eigenvalue weighted by atomic mass is 9.94. The van der Waals surface area contributed by atoms with Gasteiger partial charge in [0, 0.05) is 5.57 Å². The SMILES string of the molecule is C=CC1=C(C=C)C(F)(F)C=CC1. The number of hydrogen-bond donors (Lipinski definition) is 0. The third kappa shape index (κ3) is 1.37. The molecule has 1 rings (SSSR count). The van der Waals surface area contributed by atoms with Crippen molar-refractivity contribution in [2.24, 2.45) is 0 Å². The molecule has 0 amide bonds. The van der Waals surface area contributed by atoms with Gasteiger partial charge in [0.25, 0.3) is 5.92 Å². The molecule has 0 unspecified atom stereocenters. The maximum atomic E-state index is 13.0. The van der Waals surface area contributed by atoms with Crippen LogP contribution in [-0.2, 0) is 0 Å². The predicted octanol–water partition coefficient (Wildman–Crippen LogP) is 3.25. The molecule has 12 heavy (non-hydrogen) atoms. The van der Waals surface area contributed by atoms with Gasteiger partial charge in [-0.3, -0.25) is 0 Å². The number of allylic oxidation sites excluding steroid dienone is 6. The third-order valence-corrected chi connectivity index (χ3v) is 1.82. The van der Waals surface area contributed by atoms with Crippen LogP contribution in [0.4, 0.5) is 8.78 Å². The first-order valence-electron chi connectivity index (χ1n) is 3.66. The van der Waals surface area contributed by atoms with Gasteiger partial charge in [0.1, 0.15) is 0 Å². The Morgan fingerprint density at radius 3 is 2.42 bits per heavy atom. The van der Waals surface area contributed by atoms with Gasteiger partial charge < -0.3 is 0 Å². The Morgan fingerprint density at radius 2 is 2.00 bits per heavy atom. The second kappa shape index (κ2) is 3.05. The van der Waals surface area contributed by atoms with E-state index >= 15 is 0 Å². The van der Waals surface area contributed by atoms with Gasteiger partial charge in [-0.25, -0.2) is 0 Å². The number of alkyl halides is 2. The first-order chi connectivity index (χ1) is 5.61. The highest BCUT2D eigenvalue weighted by Gasteiger charge is 2.32. The van der Waals surface area contributed by atoms with Gasteiger partial charge in [0.2, 0.25) is 0 Å². The number of hydrogen-bond acceptors (Lipinski definition) is 0. The molecule has 0 fully saturated rings. The Morgan fingerprint density at radius 1 is 1.33 bits per heavy atom. The van der Waals surface area contributed by atoms with E-state index in [0.29, 0.717) is 12.0 Å². The van der Waals surface area contributed by atoms with Crippen molar-refractivity contribution in [2.75, 3.05) is 0 Å². The first-order valence-corrected chi connectivity index (χ1v) is 3.66. The zero-order chi connectivity index (χ0) is 9.19. The standard InChI is InChI=1S/C10H10F2/c1-3-8-6-5-7-10(11,12)9(8)4-2/h3-5,7H,1-2,6H2. The topological polar surface area (TPSA) is 0 Å². The number of rotatable bonds is 2. The maximum Gasteiger partial charge on any atom is 0.291 e. The van der Waals surface area contributed by atoms with E-state index in [2.05, 4.69) is 13.2 Å². The largest absolute Gasteiger partial charge is 0.291 e. The van der Waals surface area contributed by atoms with Crippen LogP contribution >= 0.6 is 0 Å². The lowest BCUT2D eigenvalue weighted by Gasteiger charge is -2.20. The van der Waals surface area contributed by atoms with Crippen LogP contribution in [0.3, 0.4) is 0 Å². The average molecular weight is 168 g/mol. The van der Waals surface area contributed by atoms with Crippen LogP contribution < -0.4 is 0 Å². The van der Waals surface area contributed by atoms with E-state index in [1.807, 2.05) is 0 Å². The molecule has 0 bridgehead atoms. The van der Waals surface area contributed by atoms with Gasteiger partial charge in [-0.1, -0.05) is 31.4 Å². The summed E-state index contributed by atoms with van der Waals surface area (Å²) < 4.78 is 26.1. The van der Waals surface area contributed by atoms with Gasteiger partial charge in [-0.15, -0.1) is 0 Å². The molecular formula is C10H10F2. The van der Waals surface area contributed by atoms with Crippen LogP contribution in [0.25, 0.3) is 0 Å². The summed E-state index contributed by atoms with van der Waals surface area (Å²) in [4.78, 5) is 0. The van der Waals surface area contributed by atoms with Crippen LogP contribution in [0, 0.1) is 0 Å². The Bertz CT molecular complexity index is 270. The van der Waals surface area contributed by atoms with Crippen LogP contribution in [-0.4, -0.2) is 5.92 Å². The average Bonchev–Trinajstić information content (AvgIpc) is 2.02. The van der Waals surface area contributed by atoms with Crippen molar-refractivity contribution >= 4 is 0 Å². The van der Waals surface area contributed by atoms with E-state index in [1.165, 1.54) is 18.2 Å². The third-order valence-electron chi connectivity index (χ3n) is 1.82. The quantitative estimate of drug-likeness (QED) is 0.555. The zero-order valence-corrected chi connectivity index (χ0v) is 6.69. The molecule has 0 aromatic rings. The zero-order valence-electron chi connectivity index (χ0n) is 6.69. The minimum atomic E-state index is -2.87. The second-order valence-corrected chi connectivity index (χ2v) is 2.58. The molecule has 0 spiro atoms. The summed E-state index contributed by atoms with van der Waals surface area (Å²) in [6.07, 6.45) is 5.51. The Kier molecular flexibility index (Phi) is 2.27. The lowest BCUT2D eigenvalue weighted by Crippen LogP contribution is -2.18. The molecule has 0 aliphatic heterocycles. The highest BCUT2D eigenvalue weighted by atomic mass is 19.3. The van der Waals surface area contributed by atoms with Crippen LogP contribution in [0.2, 0.25) is 0 Å². The maximum absolute atomic E-state index is 13.0. The molecule has 0 saturated carbocycles. The van der Waals surface area contributed by atoms with E-state index in [1.54, 1.807) is 0 Å². The molecule has 1 aliphatic rings. The fourth-order valence-corrected chi connectivity index (χ4v) is 1.21. The highest BCUT2D eigenvalue weighted by Crippen LogP contribution is 2.34. The summed E-state index contributed by atoms with van der Waals surface area (Å²) in [7, 11) is 0. The van der Waals surface area contributed by atoms with Crippen molar-refractivity contribution in [3.05, 3.63) is 48.6 Å². The fourth-order valence-electron chi connectivity index (χ4n) is 1.21. The van der Waals surface area contributed by atoms with Crippen LogP contribution in [0.5, 0.6) is 0 Å². The van der Waals surface area contributed by atoms with E-state index in [0.717, 1.165) is 6.08 Å². The number of halogens is 2. The molecule has 0 heterocycles. The first kappa shape index (κ1) is 8.91. The molecule has 0 atom stereocenters. The minimum absolute atomic E-state index is 0.0278. The minimum Gasteiger partial charge on any atom is -0.197 e. The van der Waals surface area contributed by atoms with Gasteiger partial charge in [-0.05, 0) is 18.1 Å². The van der Waals surface area contributed by atoms with Crippen LogP contribution in [0.1, 0.15) is 6.42 Å². The van der Waals surface area contributed by atoms with Crippen molar-refractivity contribution in [3.8, 4) is 0 Å². The van der Waals surface area contributed by atoms with Gasteiger partial charge in [0.05, 0.1) is 0 Å². The van der Waals surface area contributed by atoms with Crippen molar-refractivity contribution in [2.45, 2.75) is 12.3 Å². The summed E-state index contributed by atoms with van der Waals surface area (Å²) in [5.74, 6) is -2.87. The lowest BCUT2D eigenvalue weighted by molar-refractivity contribution is 0.0983. The molecule has 0 radical (unpaired) electrons. The summed E-state index contributed by atoms with van der Waals surface area (Å²) in [6, 6.07) is 0. The summed E-state index contributed by atoms with van der Waals surface area (Å²) in [5.41, 5.74) is 0.525. The molecule has 1 aliphatic carbocycles. The van der Waals surface area contributed by atoms with Crippen LogP contribution in [0.15, 0.2) is 48.6 Å². The Hall–Kier alpha value is -1.18. The van der Waals surface area contributed by atoms with Gasteiger partial charge in [-0.2, -0.15) is 8.78 Å². The molecule has 0 aromatic heterocycles. The summed E-state index contributed by atoms with van der Waals surface area (Å²) in [5, 5.41) is 0. The van der Waals surface area contributed by atoms with Crippen molar-refractivity contribution < 1.29 is 8.78 Å². The molecule has 0 nitrogen and oxygen atoms in total.